The van der Waals surface area contributed by atoms with Crippen LogP contribution in [0.3, 0.4) is 0 Å². The van der Waals surface area contributed by atoms with Crippen molar-refractivity contribution >= 4 is 5.78 Å². The molecular formula is C20H30O3. The zero-order valence-electron chi connectivity index (χ0n) is 15.1. The Hall–Kier alpha value is -1.61. The third kappa shape index (κ3) is 3.84. The van der Waals surface area contributed by atoms with Gasteiger partial charge < -0.3 is 10.2 Å². The standard InChI is InChI=1S/C20H30O3/c1-12(2)8-10-16-15(7)18(14(5)6)19(22)20(16,23)17(21)11-9-13(3)4/h9,12,16,22-23H,5,7-8,10-11H2,1-4,6H3. The van der Waals surface area contributed by atoms with Crippen LogP contribution in [0, 0.1) is 11.8 Å². The molecule has 2 N–H and O–H groups in total. The Morgan fingerprint density at radius 1 is 1.35 bits per heavy atom. The molecule has 3 nitrogen and oxygen atoms in total. The van der Waals surface area contributed by atoms with Gasteiger partial charge in [0.2, 0.25) is 0 Å². The van der Waals surface area contributed by atoms with Gasteiger partial charge in [0.1, 0.15) is 5.76 Å². The third-order valence-corrected chi connectivity index (χ3v) is 4.42. The maximum Gasteiger partial charge on any atom is 0.187 e. The van der Waals surface area contributed by atoms with Crippen LogP contribution in [0.5, 0.6) is 0 Å². The number of aliphatic hydroxyl groups is 2. The molecule has 0 radical (unpaired) electrons. The molecule has 2 unspecified atom stereocenters. The Labute approximate surface area is 140 Å². The van der Waals surface area contributed by atoms with Gasteiger partial charge in [0.05, 0.1) is 0 Å². The lowest BCUT2D eigenvalue weighted by Crippen LogP contribution is -2.45. The van der Waals surface area contributed by atoms with Crippen molar-refractivity contribution in [3.8, 4) is 0 Å². The summed E-state index contributed by atoms with van der Waals surface area (Å²) in [4.78, 5) is 12.7. The quantitative estimate of drug-likeness (QED) is 0.672. The zero-order chi connectivity index (χ0) is 17.9. The molecule has 0 saturated heterocycles. The highest BCUT2D eigenvalue weighted by Gasteiger charge is 2.54. The largest absolute Gasteiger partial charge is 0.508 e. The summed E-state index contributed by atoms with van der Waals surface area (Å²) in [5, 5.41) is 21.7. The summed E-state index contributed by atoms with van der Waals surface area (Å²) in [6.45, 7) is 17.6. The normalized spacial score (nSPS) is 24.3. The average Bonchev–Trinajstić information content (AvgIpc) is 2.62. The predicted molar refractivity (Wildman–Crippen MR) is 95.2 cm³/mol. The van der Waals surface area contributed by atoms with Crippen LogP contribution in [0.4, 0.5) is 0 Å². The van der Waals surface area contributed by atoms with Crippen LogP contribution < -0.4 is 0 Å². The van der Waals surface area contributed by atoms with Gasteiger partial charge in [0.25, 0.3) is 0 Å². The molecule has 0 amide bonds. The molecule has 0 heterocycles. The van der Waals surface area contributed by atoms with E-state index in [9.17, 15) is 15.0 Å². The molecule has 0 saturated carbocycles. The summed E-state index contributed by atoms with van der Waals surface area (Å²) in [6.07, 6.45) is 3.32. The molecular weight excluding hydrogens is 288 g/mol. The number of carbonyl (C=O) groups excluding carboxylic acids is 1. The molecule has 0 spiro atoms. The van der Waals surface area contributed by atoms with Crippen LogP contribution in [-0.4, -0.2) is 21.6 Å². The second-order valence-electron chi connectivity index (χ2n) is 7.23. The van der Waals surface area contributed by atoms with Crippen molar-refractivity contribution < 1.29 is 15.0 Å². The van der Waals surface area contributed by atoms with Gasteiger partial charge in [-0.1, -0.05) is 45.1 Å². The van der Waals surface area contributed by atoms with Crippen molar-refractivity contribution in [3.05, 3.63) is 47.3 Å². The van der Waals surface area contributed by atoms with Crippen LogP contribution in [0.15, 0.2) is 47.3 Å². The highest BCUT2D eigenvalue weighted by Crippen LogP contribution is 2.48. The summed E-state index contributed by atoms with van der Waals surface area (Å²) >= 11 is 0. The van der Waals surface area contributed by atoms with Crippen molar-refractivity contribution in [2.75, 3.05) is 0 Å². The molecule has 2 atom stereocenters. The van der Waals surface area contributed by atoms with Gasteiger partial charge in [-0.05, 0) is 44.3 Å². The molecule has 0 bridgehead atoms. The first kappa shape index (κ1) is 19.4. The van der Waals surface area contributed by atoms with Crippen molar-refractivity contribution in [3.63, 3.8) is 0 Å². The second kappa shape index (κ2) is 7.31. The van der Waals surface area contributed by atoms with E-state index in [-0.39, 0.29) is 18.0 Å². The van der Waals surface area contributed by atoms with E-state index in [0.717, 1.165) is 12.0 Å². The fourth-order valence-corrected chi connectivity index (χ4v) is 3.07. The lowest BCUT2D eigenvalue weighted by Gasteiger charge is -2.30. The number of hydrogen-bond donors (Lipinski definition) is 2. The van der Waals surface area contributed by atoms with Gasteiger partial charge in [-0.3, -0.25) is 4.79 Å². The molecule has 128 valence electrons. The van der Waals surface area contributed by atoms with Crippen molar-refractivity contribution in [1.29, 1.82) is 0 Å². The van der Waals surface area contributed by atoms with E-state index in [0.29, 0.717) is 29.1 Å². The highest BCUT2D eigenvalue weighted by atomic mass is 16.3. The number of hydrogen-bond acceptors (Lipinski definition) is 3. The Kier molecular flexibility index (Phi) is 6.18. The van der Waals surface area contributed by atoms with Gasteiger partial charge in [-0.2, -0.15) is 0 Å². The van der Waals surface area contributed by atoms with Crippen molar-refractivity contribution in [2.45, 2.75) is 59.5 Å². The number of rotatable bonds is 7. The van der Waals surface area contributed by atoms with E-state index >= 15 is 0 Å². The van der Waals surface area contributed by atoms with Gasteiger partial charge >= 0.3 is 0 Å². The Bertz CT molecular complexity index is 574. The summed E-state index contributed by atoms with van der Waals surface area (Å²) in [6, 6.07) is 0. The van der Waals surface area contributed by atoms with Gasteiger partial charge in [0.15, 0.2) is 11.4 Å². The maximum atomic E-state index is 12.7. The average molecular weight is 318 g/mol. The molecule has 1 rings (SSSR count). The molecule has 0 aromatic heterocycles. The Morgan fingerprint density at radius 3 is 2.35 bits per heavy atom. The van der Waals surface area contributed by atoms with E-state index in [2.05, 4.69) is 27.0 Å². The number of aliphatic hydroxyl groups excluding tert-OH is 1. The maximum absolute atomic E-state index is 12.7. The van der Waals surface area contributed by atoms with Crippen LogP contribution >= 0.6 is 0 Å². The van der Waals surface area contributed by atoms with Gasteiger partial charge in [-0.25, -0.2) is 0 Å². The van der Waals surface area contributed by atoms with Crippen molar-refractivity contribution in [2.24, 2.45) is 11.8 Å². The number of carbonyl (C=O) groups is 1. The number of ketones is 1. The van der Waals surface area contributed by atoms with Crippen LogP contribution in [0.2, 0.25) is 0 Å². The fraction of sp³-hybridized carbons (Fsp3) is 0.550. The second-order valence-corrected chi connectivity index (χ2v) is 7.23. The van der Waals surface area contributed by atoms with Gasteiger partial charge in [0, 0.05) is 17.9 Å². The van der Waals surface area contributed by atoms with Gasteiger partial charge in [-0.15, -0.1) is 0 Å². The minimum absolute atomic E-state index is 0.0951. The van der Waals surface area contributed by atoms with E-state index in [1.165, 1.54) is 0 Å². The van der Waals surface area contributed by atoms with Crippen LogP contribution in [0.25, 0.3) is 0 Å². The first-order valence-electron chi connectivity index (χ1n) is 8.21. The smallest absolute Gasteiger partial charge is 0.187 e. The first-order chi connectivity index (χ1) is 10.5. The SMILES string of the molecule is C=C(C)C1=C(O)C(O)(C(=O)CC=C(C)C)C(CCC(C)C)C1=C. The lowest BCUT2D eigenvalue weighted by molar-refractivity contribution is -0.139. The molecule has 1 aliphatic carbocycles. The molecule has 0 fully saturated rings. The van der Waals surface area contributed by atoms with Crippen LogP contribution in [0.1, 0.15) is 53.9 Å². The minimum Gasteiger partial charge on any atom is -0.508 e. The lowest BCUT2D eigenvalue weighted by atomic mass is 9.78. The topological polar surface area (TPSA) is 57.5 Å². The minimum atomic E-state index is -1.88. The van der Waals surface area contributed by atoms with E-state index in [4.69, 9.17) is 0 Å². The molecule has 0 aromatic rings. The van der Waals surface area contributed by atoms with Crippen molar-refractivity contribution in [1.82, 2.24) is 0 Å². The number of Topliss-reactive ketones (excluding diaryl/α,β-unsaturated/α-hetero) is 1. The Balaban J connectivity index is 3.28. The summed E-state index contributed by atoms with van der Waals surface area (Å²) < 4.78 is 0. The molecule has 0 aromatic carbocycles. The summed E-state index contributed by atoms with van der Waals surface area (Å²) in [5.41, 5.74) is 0.802. The number of allylic oxidation sites excluding steroid dienone is 4. The summed E-state index contributed by atoms with van der Waals surface area (Å²) in [7, 11) is 0. The molecule has 0 aliphatic heterocycles. The Morgan fingerprint density at radius 2 is 1.91 bits per heavy atom. The molecule has 3 heteroatoms. The third-order valence-electron chi connectivity index (χ3n) is 4.42. The summed E-state index contributed by atoms with van der Waals surface area (Å²) in [5.74, 6) is -0.719. The fourth-order valence-electron chi connectivity index (χ4n) is 3.07. The molecule has 1 aliphatic rings. The monoisotopic (exact) mass is 318 g/mol. The zero-order valence-corrected chi connectivity index (χ0v) is 15.1. The van der Waals surface area contributed by atoms with Crippen LogP contribution in [-0.2, 0) is 4.79 Å². The predicted octanol–water partition coefficient (Wildman–Crippen LogP) is 4.65. The molecule has 23 heavy (non-hydrogen) atoms. The highest BCUT2D eigenvalue weighted by molar-refractivity contribution is 5.94. The van der Waals surface area contributed by atoms with E-state index in [1.54, 1.807) is 13.0 Å². The first-order valence-corrected chi connectivity index (χ1v) is 8.21. The van der Waals surface area contributed by atoms with E-state index in [1.807, 2.05) is 13.8 Å². The van der Waals surface area contributed by atoms with E-state index < -0.39 is 11.5 Å².